The van der Waals surface area contributed by atoms with Crippen molar-refractivity contribution in [2.75, 3.05) is 11.4 Å². The van der Waals surface area contributed by atoms with Crippen molar-refractivity contribution < 1.29 is 4.79 Å². The molecule has 0 atom stereocenters. The molecule has 2 aromatic rings. The fraction of sp³-hybridized carbons (Fsp3) is 0.278. The number of amides is 1. The van der Waals surface area contributed by atoms with E-state index in [1.165, 1.54) is 5.56 Å². The molecule has 1 heterocycles. The Hall–Kier alpha value is -2.13. The number of carbonyl (C=O) groups is 1. The second-order valence-electron chi connectivity index (χ2n) is 5.60. The van der Waals surface area contributed by atoms with Gasteiger partial charge in [0, 0.05) is 24.3 Å². The third kappa shape index (κ3) is 2.69. The van der Waals surface area contributed by atoms with E-state index in [-0.39, 0.29) is 5.91 Å². The lowest BCUT2D eigenvalue weighted by atomic mass is 9.98. The van der Waals surface area contributed by atoms with Crippen molar-refractivity contribution in [1.29, 1.82) is 0 Å². The van der Waals surface area contributed by atoms with Crippen molar-refractivity contribution in [3.05, 3.63) is 64.7 Å². The Bertz CT molecular complexity index is 679. The number of benzene rings is 2. The fourth-order valence-electron chi connectivity index (χ4n) is 2.92. The SMILES string of the molecule is Cc1cccc(C(=O)N2CCCc3cc(CN)ccc32)c1. The third-order valence-corrected chi connectivity index (χ3v) is 4.01. The number of anilines is 1. The molecule has 0 aliphatic carbocycles. The van der Waals surface area contributed by atoms with Crippen LogP contribution in [0.1, 0.15) is 33.5 Å². The Morgan fingerprint density at radius 1 is 1.24 bits per heavy atom. The molecule has 0 unspecified atom stereocenters. The van der Waals surface area contributed by atoms with Gasteiger partial charge in [-0.15, -0.1) is 0 Å². The van der Waals surface area contributed by atoms with Crippen molar-refractivity contribution in [3.63, 3.8) is 0 Å². The quantitative estimate of drug-likeness (QED) is 0.919. The van der Waals surface area contributed by atoms with Crippen LogP contribution in [0.25, 0.3) is 0 Å². The fourth-order valence-corrected chi connectivity index (χ4v) is 2.92. The zero-order valence-electron chi connectivity index (χ0n) is 12.3. The number of hydrogen-bond acceptors (Lipinski definition) is 2. The first-order valence-corrected chi connectivity index (χ1v) is 7.39. The monoisotopic (exact) mass is 280 g/mol. The maximum Gasteiger partial charge on any atom is 0.258 e. The van der Waals surface area contributed by atoms with E-state index in [9.17, 15) is 4.79 Å². The number of nitrogens with zero attached hydrogens (tertiary/aromatic N) is 1. The number of carbonyl (C=O) groups excluding carboxylic acids is 1. The number of rotatable bonds is 2. The first kappa shape index (κ1) is 13.8. The minimum absolute atomic E-state index is 0.0835. The van der Waals surface area contributed by atoms with Crippen LogP contribution in [0.2, 0.25) is 0 Å². The summed E-state index contributed by atoms with van der Waals surface area (Å²) in [6.45, 7) is 3.33. The van der Waals surface area contributed by atoms with Gasteiger partial charge >= 0.3 is 0 Å². The summed E-state index contributed by atoms with van der Waals surface area (Å²) in [5.41, 5.74) is 11.0. The van der Waals surface area contributed by atoms with Crippen molar-refractivity contribution in [3.8, 4) is 0 Å². The molecular formula is C18H20N2O. The number of fused-ring (bicyclic) bond motifs is 1. The highest BCUT2D eigenvalue weighted by Crippen LogP contribution is 2.29. The highest BCUT2D eigenvalue weighted by atomic mass is 16.2. The molecule has 2 aromatic carbocycles. The number of hydrogen-bond donors (Lipinski definition) is 1. The molecule has 0 fully saturated rings. The molecule has 3 heteroatoms. The minimum atomic E-state index is 0.0835. The topological polar surface area (TPSA) is 46.3 Å². The van der Waals surface area contributed by atoms with Gasteiger partial charge in [-0.05, 0) is 49.1 Å². The molecule has 0 saturated heterocycles. The predicted molar refractivity (Wildman–Crippen MR) is 85.5 cm³/mol. The van der Waals surface area contributed by atoms with Gasteiger partial charge in [0.25, 0.3) is 5.91 Å². The van der Waals surface area contributed by atoms with Crippen molar-refractivity contribution in [2.45, 2.75) is 26.3 Å². The van der Waals surface area contributed by atoms with Crippen LogP contribution in [-0.4, -0.2) is 12.5 Å². The molecule has 2 N–H and O–H groups in total. The van der Waals surface area contributed by atoms with Crippen LogP contribution in [0.4, 0.5) is 5.69 Å². The number of nitrogens with two attached hydrogens (primary N) is 1. The van der Waals surface area contributed by atoms with Crippen molar-refractivity contribution >= 4 is 11.6 Å². The smallest absolute Gasteiger partial charge is 0.258 e. The predicted octanol–water partition coefficient (Wildman–Crippen LogP) is 3.05. The normalized spacial score (nSPS) is 13.9. The summed E-state index contributed by atoms with van der Waals surface area (Å²) in [5, 5.41) is 0. The maximum atomic E-state index is 12.8. The summed E-state index contributed by atoms with van der Waals surface area (Å²) in [6, 6.07) is 14.0. The minimum Gasteiger partial charge on any atom is -0.326 e. The lowest BCUT2D eigenvalue weighted by Crippen LogP contribution is -2.35. The third-order valence-electron chi connectivity index (χ3n) is 4.01. The van der Waals surface area contributed by atoms with Gasteiger partial charge in [0.2, 0.25) is 0 Å². The molecule has 0 radical (unpaired) electrons. The first-order valence-electron chi connectivity index (χ1n) is 7.39. The molecule has 0 spiro atoms. The van der Waals surface area contributed by atoms with E-state index >= 15 is 0 Å². The molecule has 21 heavy (non-hydrogen) atoms. The van der Waals surface area contributed by atoms with Crippen LogP contribution in [0, 0.1) is 6.92 Å². The molecule has 1 aliphatic heterocycles. The molecule has 1 aliphatic rings. The number of aryl methyl sites for hydroxylation is 2. The lowest BCUT2D eigenvalue weighted by molar-refractivity contribution is 0.0985. The van der Waals surface area contributed by atoms with Gasteiger partial charge in [-0.2, -0.15) is 0 Å². The molecule has 108 valence electrons. The van der Waals surface area contributed by atoms with Gasteiger partial charge in [0.1, 0.15) is 0 Å². The second-order valence-corrected chi connectivity index (χ2v) is 5.60. The molecule has 1 amide bonds. The van der Waals surface area contributed by atoms with E-state index in [0.717, 1.165) is 41.8 Å². The van der Waals surface area contributed by atoms with Crippen LogP contribution in [0.5, 0.6) is 0 Å². The summed E-state index contributed by atoms with van der Waals surface area (Å²) < 4.78 is 0. The van der Waals surface area contributed by atoms with E-state index in [4.69, 9.17) is 5.73 Å². The van der Waals surface area contributed by atoms with Crippen LogP contribution in [-0.2, 0) is 13.0 Å². The Morgan fingerprint density at radius 3 is 2.86 bits per heavy atom. The molecule has 0 bridgehead atoms. The van der Waals surface area contributed by atoms with Gasteiger partial charge in [-0.3, -0.25) is 4.79 Å². The second kappa shape index (κ2) is 5.70. The van der Waals surface area contributed by atoms with Crippen LogP contribution < -0.4 is 10.6 Å². The summed E-state index contributed by atoms with van der Waals surface area (Å²) in [4.78, 5) is 14.7. The van der Waals surface area contributed by atoms with E-state index in [1.54, 1.807) is 0 Å². The highest BCUT2D eigenvalue weighted by Gasteiger charge is 2.23. The zero-order chi connectivity index (χ0) is 14.8. The largest absolute Gasteiger partial charge is 0.326 e. The molecule has 0 saturated carbocycles. The molecule has 3 rings (SSSR count). The van der Waals surface area contributed by atoms with E-state index in [1.807, 2.05) is 48.2 Å². The van der Waals surface area contributed by atoms with Crippen molar-refractivity contribution in [1.82, 2.24) is 0 Å². The summed E-state index contributed by atoms with van der Waals surface area (Å²) in [7, 11) is 0. The summed E-state index contributed by atoms with van der Waals surface area (Å²) in [6.07, 6.45) is 2.01. The molecule has 0 aromatic heterocycles. The Balaban J connectivity index is 1.96. The standard InChI is InChI=1S/C18H20N2O/c1-13-4-2-5-16(10-13)18(21)20-9-3-6-15-11-14(12-19)7-8-17(15)20/h2,4-5,7-8,10-11H,3,6,9,12,19H2,1H3. The highest BCUT2D eigenvalue weighted by molar-refractivity contribution is 6.06. The molecule has 3 nitrogen and oxygen atoms in total. The van der Waals surface area contributed by atoms with Crippen LogP contribution >= 0.6 is 0 Å². The van der Waals surface area contributed by atoms with Gasteiger partial charge < -0.3 is 10.6 Å². The average Bonchev–Trinajstić information content (AvgIpc) is 2.53. The van der Waals surface area contributed by atoms with Crippen molar-refractivity contribution in [2.24, 2.45) is 5.73 Å². The maximum absolute atomic E-state index is 12.8. The molecular weight excluding hydrogens is 260 g/mol. The van der Waals surface area contributed by atoms with Gasteiger partial charge in [0.05, 0.1) is 0 Å². The van der Waals surface area contributed by atoms with E-state index in [0.29, 0.717) is 6.54 Å². The Morgan fingerprint density at radius 2 is 2.10 bits per heavy atom. The lowest BCUT2D eigenvalue weighted by Gasteiger charge is -2.30. The van der Waals surface area contributed by atoms with Gasteiger partial charge in [-0.1, -0.05) is 29.8 Å². The summed E-state index contributed by atoms with van der Waals surface area (Å²) in [5.74, 6) is 0.0835. The van der Waals surface area contributed by atoms with E-state index in [2.05, 4.69) is 6.07 Å². The van der Waals surface area contributed by atoms with Gasteiger partial charge in [-0.25, -0.2) is 0 Å². The average molecular weight is 280 g/mol. The van der Waals surface area contributed by atoms with Crippen LogP contribution in [0.3, 0.4) is 0 Å². The zero-order valence-corrected chi connectivity index (χ0v) is 12.3. The van der Waals surface area contributed by atoms with Gasteiger partial charge in [0.15, 0.2) is 0 Å². The Kier molecular flexibility index (Phi) is 3.76. The summed E-state index contributed by atoms with van der Waals surface area (Å²) >= 11 is 0. The first-order chi connectivity index (χ1) is 10.2. The van der Waals surface area contributed by atoms with E-state index < -0.39 is 0 Å². The van der Waals surface area contributed by atoms with Crippen LogP contribution in [0.15, 0.2) is 42.5 Å². The Labute approximate surface area is 125 Å².